The summed E-state index contributed by atoms with van der Waals surface area (Å²) in [6.45, 7) is 6.83. The molecule has 1 heterocycles. The zero-order valence-electron chi connectivity index (χ0n) is 9.87. The highest BCUT2D eigenvalue weighted by Crippen LogP contribution is 2.44. The van der Waals surface area contributed by atoms with Gasteiger partial charge in [-0.25, -0.2) is 0 Å². The Balaban J connectivity index is 2.46. The fourth-order valence-electron chi connectivity index (χ4n) is 2.30. The maximum absolute atomic E-state index is 3.45. The zero-order valence-corrected chi connectivity index (χ0v) is 10.7. The van der Waals surface area contributed by atoms with Crippen molar-refractivity contribution in [3.05, 3.63) is 29.3 Å². The molecule has 3 unspecified atom stereocenters. The fraction of sp³-hybridized carbons (Fsp3) is 0.538. The molecule has 1 aromatic rings. The van der Waals surface area contributed by atoms with Crippen LogP contribution in [0.5, 0.6) is 0 Å². The van der Waals surface area contributed by atoms with E-state index in [0.717, 1.165) is 0 Å². The molecule has 15 heavy (non-hydrogen) atoms. The Hall–Kier alpha value is -0.470. The monoisotopic (exact) mass is 221 g/mol. The van der Waals surface area contributed by atoms with Gasteiger partial charge in [-0.1, -0.05) is 31.5 Å². The highest BCUT2D eigenvalue weighted by atomic mass is 32.2. The van der Waals surface area contributed by atoms with Gasteiger partial charge in [0, 0.05) is 16.2 Å². The van der Waals surface area contributed by atoms with Crippen LogP contribution in [0, 0.1) is 12.8 Å². The SMILES string of the molecule is CNC1c2cc(C)ccc2SC(C)C1C. The van der Waals surface area contributed by atoms with Gasteiger partial charge in [-0.3, -0.25) is 0 Å². The van der Waals surface area contributed by atoms with Crippen LogP contribution in [0.1, 0.15) is 31.0 Å². The molecule has 3 atom stereocenters. The maximum Gasteiger partial charge on any atom is 0.0365 e. The number of fused-ring (bicyclic) bond motifs is 1. The minimum atomic E-state index is 0.510. The summed E-state index contributed by atoms with van der Waals surface area (Å²) in [4.78, 5) is 1.45. The van der Waals surface area contributed by atoms with E-state index in [1.807, 2.05) is 11.8 Å². The molecule has 0 saturated heterocycles. The van der Waals surface area contributed by atoms with Crippen LogP contribution in [0.2, 0.25) is 0 Å². The third-order valence-electron chi connectivity index (χ3n) is 3.39. The van der Waals surface area contributed by atoms with Crippen LogP contribution in [0.3, 0.4) is 0 Å². The first-order valence-corrected chi connectivity index (χ1v) is 6.46. The Morgan fingerprint density at radius 2 is 2.00 bits per heavy atom. The molecule has 82 valence electrons. The molecule has 0 amide bonds. The van der Waals surface area contributed by atoms with Gasteiger partial charge in [0.2, 0.25) is 0 Å². The molecule has 1 nitrogen and oxygen atoms in total. The first kappa shape index (κ1) is 11.0. The van der Waals surface area contributed by atoms with E-state index in [2.05, 4.69) is 51.3 Å². The molecule has 1 aliphatic rings. The van der Waals surface area contributed by atoms with Crippen molar-refractivity contribution in [1.29, 1.82) is 0 Å². The quantitative estimate of drug-likeness (QED) is 0.780. The number of rotatable bonds is 1. The third-order valence-corrected chi connectivity index (χ3v) is 4.82. The van der Waals surface area contributed by atoms with Gasteiger partial charge in [0.25, 0.3) is 0 Å². The summed E-state index contributed by atoms with van der Waals surface area (Å²) in [5.41, 5.74) is 2.84. The van der Waals surface area contributed by atoms with E-state index >= 15 is 0 Å². The van der Waals surface area contributed by atoms with Gasteiger partial charge < -0.3 is 5.32 Å². The summed E-state index contributed by atoms with van der Waals surface area (Å²) >= 11 is 2.01. The standard InChI is InChI=1S/C13H19NS/c1-8-5-6-12-11(7-8)13(14-4)9(2)10(3)15-12/h5-7,9-10,13-14H,1-4H3. The molecule has 0 spiro atoms. The summed E-state index contributed by atoms with van der Waals surface area (Å²) in [5, 5.41) is 4.15. The lowest BCUT2D eigenvalue weighted by atomic mass is 9.91. The van der Waals surface area contributed by atoms with Crippen molar-refractivity contribution in [3.8, 4) is 0 Å². The lowest BCUT2D eigenvalue weighted by Gasteiger charge is -2.35. The van der Waals surface area contributed by atoms with E-state index in [0.29, 0.717) is 17.2 Å². The lowest BCUT2D eigenvalue weighted by molar-refractivity contribution is 0.396. The molecule has 1 aliphatic heterocycles. The van der Waals surface area contributed by atoms with Crippen molar-refractivity contribution in [1.82, 2.24) is 5.32 Å². The van der Waals surface area contributed by atoms with Crippen LogP contribution in [0.15, 0.2) is 23.1 Å². The molecule has 1 N–H and O–H groups in total. The number of hydrogen-bond acceptors (Lipinski definition) is 2. The Labute approximate surface area is 96.7 Å². The Morgan fingerprint density at radius 3 is 2.67 bits per heavy atom. The van der Waals surface area contributed by atoms with Gasteiger partial charge >= 0.3 is 0 Å². The number of hydrogen-bond donors (Lipinski definition) is 1. The van der Waals surface area contributed by atoms with Crippen molar-refractivity contribution < 1.29 is 0 Å². The van der Waals surface area contributed by atoms with Gasteiger partial charge in [0.1, 0.15) is 0 Å². The van der Waals surface area contributed by atoms with Crippen molar-refractivity contribution in [2.24, 2.45) is 5.92 Å². The van der Waals surface area contributed by atoms with Crippen LogP contribution < -0.4 is 5.32 Å². The third kappa shape index (κ3) is 1.93. The van der Waals surface area contributed by atoms with Crippen LogP contribution in [-0.4, -0.2) is 12.3 Å². The smallest absolute Gasteiger partial charge is 0.0365 e. The zero-order chi connectivity index (χ0) is 11.0. The molecule has 0 fully saturated rings. The summed E-state index contributed by atoms with van der Waals surface area (Å²) in [7, 11) is 2.07. The van der Waals surface area contributed by atoms with E-state index in [4.69, 9.17) is 0 Å². The maximum atomic E-state index is 3.45. The van der Waals surface area contributed by atoms with E-state index in [9.17, 15) is 0 Å². The number of benzene rings is 1. The fourth-order valence-corrected chi connectivity index (χ4v) is 3.54. The first-order chi connectivity index (χ1) is 7.13. The van der Waals surface area contributed by atoms with Crippen molar-refractivity contribution >= 4 is 11.8 Å². The highest BCUT2D eigenvalue weighted by molar-refractivity contribution is 8.00. The summed E-state index contributed by atoms with van der Waals surface area (Å²) in [5.74, 6) is 0.689. The van der Waals surface area contributed by atoms with Gasteiger partial charge in [-0.05, 0) is 31.5 Å². The Morgan fingerprint density at radius 1 is 1.27 bits per heavy atom. The molecule has 2 heteroatoms. The molecule has 2 rings (SSSR count). The molecule has 0 aliphatic carbocycles. The predicted molar refractivity (Wildman–Crippen MR) is 67.5 cm³/mol. The minimum absolute atomic E-state index is 0.510. The van der Waals surface area contributed by atoms with Crippen LogP contribution in [-0.2, 0) is 0 Å². The molecule has 0 bridgehead atoms. The van der Waals surface area contributed by atoms with Gasteiger partial charge in [0.15, 0.2) is 0 Å². The van der Waals surface area contributed by atoms with Crippen molar-refractivity contribution in [2.75, 3.05) is 7.05 Å². The average Bonchev–Trinajstić information content (AvgIpc) is 2.21. The molecular weight excluding hydrogens is 202 g/mol. The normalized spacial score (nSPS) is 30.0. The lowest BCUT2D eigenvalue weighted by Crippen LogP contribution is -2.32. The summed E-state index contributed by atoms with van der Waals surface area (Å²) < 4.78 is 0. The van der Waals surface area contributed by atoms with E-state index in [1.54, 1.807) is 0 Å². The van der Waals surface area contributed by atoms with Gasteiger partial charge in [-0.15, -0.1) is 11.8 Å². The van der Waals surface area contributed by atoms with E-state index < -0.39 is 0 Å². The number of nitrogens with one attached hydrogen (secondary N) is 1. The summed E-state index contributed by atoms with van der Waals surface area (Å²) in [6, 6.07) is 7.31. The second-order valence-corrected chi connectivity index (χ2v) is 5.91. The van der Waals surface area contributed by atoms with Crippen LogP contribution >= 0.6 is 11.8 Å². The summed E-state index contributed by atoms with van der Waals surface area (Å²) in [6.07, 6.45) is 0. The largest absolute Gasteiger partial charge is 0.313 e. The molecule has 0 saturated carbocycles. The number of aryl methyl sites for hydroxylation is 1. The molecule has 0 radical (unpaired) electrons. The predicted octanol–water partition coefficient (Wildman–Crippen LogP) is 3.39. The highest BCUT2D eigenvalue weighted by Gasteiger charge is 2.30. The second-order valence-electron chi connectivity index (χ2n) is 4.49. The molecular formula is C13H19NS. The Kier molecular flexibility index (Phi) is 3.08. The van der Waals surface area contributed by atoms with Gasteiger partial charge in [0.05, 0.1) is 0 Å². The Bertz CT molecular complexity index is 362. The average molecular weight is 221 g/mol. The molecule has 1 aromatic carbocycles. The first-order valence-electron chi connectivity index (χ1n) is 5.58. The van der Waals surface area contributed by atoms with Crippen molar-refractivity contribution in [2.45, 2.75) is 37.0 Å². The minimum Gasteiger partial charge on any atom is -0.313 e. The van der Waals surface area contributed by atoms with Crippen molar-refractivity contribution in [3.63, 3.8) is 0 Å². The molecule has 0 aromatic heterocycles. The van der Waals surface area contributed by atoms with Gasteiger partial charge in [-0.2, -0.15) is 0 Å². The number of thioether (sulfide) groups is 1. The van der Waals surface area contributed by atoms with E-state index in [-0.39, 0.29) is 0 Å². The second kappa shape index (κ2) is 4.18. The van der Waals surface area contributed by atoms with Crippen LogP contribution in [0.25, 0.3) is 0 Å². The van der Waals surface area contributed by atoms with Crippen LogP contribution in [0.4, 0.5) is 0 Å². The topological polar surface area (TPSA) is 12.0 Å². The van der Waals surface area contributed by atoms with E-state index in [1.165, 1.54) is 16.0 Å².